The average molecular weight is 418 g/mol. The Morgan fingerprint density at radius 1 is 1.17 bits per heavy atom. The van der Waals surface area contributed by atoms with Gasteiger partial charge in [-0.3, -0.25) is 4.79 Å². The van der Waals surface area contributed by atoms with Crippen molar-refractivity contribution >= 4 is 21.6 Å². The number of amides is 1. The van der Waals surface area contributed by atoms with Crippen LogP contribution in [-0.4, -0.2) is 42.3 Å². The Bertz CT molecular complexity index is 950. The van der Waals surface area contributed by atoms with Crippen LogP contribution in [-0.2, 0) is 10.0 Å². The lowest BCUT2D eigenvalue weighted by molar-refractivity contribution is 0.102. The van der Waals surface area contributed by atoms with Crippen LogP contribution in [0.3, 0.4) is 0 Å². The minimum Gasteiger partial charge on any atom is -0.477 e. The monoisotopic (exact) mass is 417 g/mol. The van der Waals surface area contributed by atoms with Crippen LogP contribution in [0.2, 0.25) is 0 Å². The van der Waals surface area contributed by atoms with Gasteiger partial charge in [0.1, 0.15) is 5.56 Å². The number of pyridine rings is 1. The molecule has 0 bridgehead atoms. The van der Waals surface area contributed by atoms with Crippen molar-refractivity contribution in [1.29, 1.82) is 0 Å². The van der Waals surface area contributed by atoms with Crippen LogP contribution < -0.4 is 10.1 Å². The Labute approximate surface area is 172 Å². The van der Waals surface area contributed by atoms with Crippen LogP contribution in [0.15, 0.2) is 47.5 Å². The number of nitrogens with one attached hydrogen (secondary N) is 1. The minimum atomic E-state index is -3.58. The smallest absolute Gasteiger partial charge is 0.261 e. The van der Waals surface area contributed by atoms with E-state index in [0.29, 0.717) is 17.9 Å². The fraction of sp³-hybridized carbons (Fsp3) is 0.429. The van der Waals surface area contributed by atoms with Gasteiger partial charge in [-0.15, -0.1) is 0 Å². The SMILES string of the molecule is CCOc1ncccc1C(=O)Nc1ccc(S(=O)(=O)N2C(C)CCCC2C)cc1. The van der Waals surface area contributed by atoms with Gasteiger partial charge in [0.05, 0.1) is 11.5 Å². The molecule has 0 saturated carbocycles. The first-order chi connectivity index (χ1) is 13.8. The van der Waals surface area contributed by atoms with Gasteiger partial charge >= 0.3 is 0 Å². The van der Waals surface area contributed by atoms with Gasteiger partial charge in [-0.05, 0) is 70.0 Å². The van der Waals surface area contributed by atoms with E-state index < -0.39 is 10.0 Å². The van der Waals surface area contributed by atoms with E-state index in [1.54, 1.807) is 34.8 Å². The summed E-state index contributed by atoms with van der Waals surface area (Å²) in [4.78, 5) is 16.9. The number of nitrogens with zero attached hydrogens (tertiary/aromatic N) is 2. The van der Waals surface area contributed by atoms with Gasteiger partial charge in [0.15, 0.2) is 0 Å². The lowest BCUT2D eigenvalue weighted by atomic mass is 10.0. The lowest BCUT2D eigenvalue weighted by Crippen LogP contribution is -2.47. The van der Waals surface area contributed by atoms with Gasteiger partial charge in [0.25, 0.3) is 5.91 Å². The average Bonchev–Trinajstić information content (AvgIpc) is 2.69. The minimum absolute atomic E-state index is 0.0225. The predicted octanol–water partition coefficient (Wildman–Crippen LogP) is 3.68. The second kappa shape index (κ2) is 8.92. The zero-order chi connectivity index (χ0) is 21.0. The molecule has 3 rings (SSSR count). The summed E-state index contributed by atoms with van der Waals surface area (Å²) in [6.45, 7) is 6.12. The second-order valence-electron chi connectivity index (χ2n) is 7.23. The van der Waals surface area contributed by atoms with Gasteiger partial charge in [0.2, 0.25) is 15.9 Å². The highest BCUT2D eigenvalue weighted by Gasteiger charge is 2.35. The van der Waals surface area contributed by atoms with E-state index in [9.17, 15) is 13.2 Å². The second-order valence-corrected chi connectivity index (χ2v) is 9.07. The summed E-state index contributed by atoms with van der Waals surface area (Å²) >= 11 is 0. The van der Waals surface area contributed by atoms with E-state index in [2.05, 4.69) is 10.3 Å². The highest BCUT2D eigenvalue weighted by Crippen LogP contribution is 2.30. The maximum atomic E-state index is 13.1. The first-order valence-corrected chi connectivity index (χ1v) is 11.3. The molecule has 1 amide bonds. The van der Waals surface area contributed by atoms with Crippen LogP contribution >= 0.6 is 0 Å². The zero-order valence-electron chi connectivity index (χ0n) is 17.0. The zero-order valence-corrected chi connectivity index (χ0v) is 17.8. The lowest BCUT2D eigenvalue weighted by Gasteiger charge is -2.37. The Kier molecular flexibility index (Phi) is 6.54. The molecular formula is C21H27N3O4S. The topological polar surface area (TPSA) is 88.6 Å². The molecule has 29 heavy (non-hydrogen) atoms. The van der Waals surface area contributed by atoms with Crippen molar-refractivity contribution in [2.75, 3.05) is 11.9 Å². The quantitative estimate of drug-likeness (QED) is 0.774. The first-order valence-electron chi connectivity index (χ1n) is 9.87. The number of rotatable bonds is 6. The van der Waals surface area contributed by atoms with Crippen molar-refractivity contribution in [3.05, 3.63) is 48.2 Å². The fourth-order valence-electron chi connectivity index (χ4n) is 3.72. The molecule has 156 valence electrons. The van der Waals surface area contributed by atoms with Gasteiger partial charge in [-0.2, -0.15) is 4.31 Å². The summed E-state index contributed by atoms with van der Waals surface area (Å²) in [5, 5.41) is 2.77. The number of piperidine rings is 1. The Morgan fingerprint density at radius 3 is 2.45 bits per heavy atom. The predicted molar refractivity (Wildman–Crippen MR) is 112 cm³/mol. The van der Waals surface area contributed by atoms with Crippen molar-refractivity contribution < 1.29 is 17.9 Å². The van der Waals surface area contributed by atoms with E-state index in [-0.39, 0.29) is 28.8 Å². The fourth-order valence-corrected chi connectivity index (χ4v) is 5.60. The molecule has 7 nitrogen and oxygen atoms in total. The molecule has 2 unspecified atom stereocenters. The van der Waals surface area contributed by atoms with Crippen LogP contribution in [0.5, 0.6) is 5.88 Å². The molecule has 1 aromatic carbocycles. The third-order valence-corrected chi connectivity index (χ3v) is 7.24. The molecule has 1 aromatic heterocycles. The van der Waals surface area contributed by atoms with Crippen LogP contribution in [0.4, 0.5) is 5.69 Å². The molecule has 1 saturated heterocycles. The van der Waals surface area contributed by atoms with E-state index >= 15 is 0 Å². The number of hydrogen-bond acceptors (Lipinski definition) is 5. The third kappa shape index (κ3) is 4.59. The third-order valence-electron chi connectivity index (χ3n) is 5.10. The van der Waals surface area contributed by atoms with E-state index in [1.165, 1.54) is 12.1 Å². The summed E-state index contributed by atoms with van der Waals surface area (Å²) in [6, 6.07) is 9.51. The number of carbonyl (C=O) groups is 1. The number of hydrogen-bond donors (Lipinski definition) is 1. The maximum Gasteiger partial charge on any atom is 0.261 e. The summed E-state index contributed by atoms with van der Waals surface area (Å²) in [7, 11) is -3.58. The molecule has 1 N–H and O–H groups in total. The molecule has 0 radical (unpaired) electrons. The van der Waals surface area contributed by atoms with E-state index in [1.807, 2.05) is 20.8 Å². The molecule has 8 heteroatoms. The number of sulfonamides is 1. The molecule has 2 atom stereocenters. The maximum absolute atomic E-state index is 13.1. The molecule has 1 aliphatic heterocycles. The van der Waals surface area contributed by atoms with Crippen LogP contribution in [0.1, 0.15) is 50.4 Å². The molecule has 0 spiro atoms. The molecule has 1 aliphatic rings. The number of ether oxygens (including phenoxy) is 1. The van der Waals surface area contributed by atoms with Crippen LogP contribution in [0, 0.1) is 0 Å². The highest BCUT2D eigenvalue weighted by molar-refractivity contribution is 7.89. The summed E-state index contributed by atoms with van der Waals surface area (Å²) < 4.78 is 33.2. The van der Waals surface area contributed by atoms with Gasteiger partial charge in [-0.25, -0.2) is 13.4 Å². The first kappa shape index (κ1) is 21.3. The Morgan fingerprint density at radius 2 is 1.83 bits per heavy atom. The summed E-state index contributed by atoms with van der Waals surface area (Å²) in [5.41, 5.74) is 0.821. The van der Waals surface area contributed by atoms with Crippen molar-refractivity contribution in [1.82, 2.24) is 9.29 Å². The number of aromatic nitrogens is 1. The van der Waals surface area contributed by atoms with Crippen molar-refractivity contribution in [3.63, 3.8) is 0 Å². The van der Waals surface area contributed by atoms with E-state index in [4.69, 9.17) is 4.74 Å². The standard InChI is InChI=1S/C21H27N3O4S/c1-4-28-21-19(9-6-14-22-21)20(25)23-17-10-12-18(13-11-17)29(26,27)24-15(2)7-5-8-16(24)3/h6,9-16H,4-5,7-8H2,1-3H3,(H,23,25). The van der Waals surface area contributed by atoms with Crippen molar-refractivity contribution in [2.24, 2.45) is 0 Å². The summed E-state index contributed by atoms with van der Waals surface area (Å²) in [5.74, 6) is -0.102. The molecule has 0 aliphatic carbocycles. The Balaban J connectivity index is 1.78. The molecule has 2 heterocycles. The molecule has 1 fully saturated rings. The number of anilines is 1. The molecular weight excluding hydrogens is 390 g/mol. The normalized spacial score (nSPS) is 20.2. The van der Waals surface area contributed by atoms with E-state index in [0.717, 1.165) is 19.3 Å². The summed E-state index contributed by atoms with van der Waals surface area (Å²) in [6.07, 6.45) is 4.33. The van der Waals surface area contributed by atoms with Gasteiger partial charge < -0.3 is 10.1 Å². The van der Waals surface area contributed by atoms with Gasteiger partial charge in [-0.1, -0.05) is 6.42 Å². The van der Waals surface area contributed by atoms with Crippen molar-refractivity contribution in [2.45, 2.75) is 57.0 Å². The number of benzene rings is 1. The highest BCUT2D eigenvalue weighted by atomic mass is 32.2. The Hall–Kier alpha value is -2.45. The molecule has 2 aromatic rings. The largest absolute Gasteiger partial charge is 0.477 e. The van der Waals surface area contributed by atoms with Gasteiger partial charge in [0, 0.05) is 24.0 Å². The van der Waals surface area contributed by atoms with Crippen molar-refractivity contribution in [3.8, 4) is 5.88 Å². The number of carbonyl (C=O) groups excluding carboxylic acids is 1. The van der Waals surface area contributed by atoms with Crippen LogP contribution in [0.25, 0.3) is 0 Å².